The monoisotopic (exact) mass is 574 g/mol. The standard InChI is InChI=1S/C41H26N4/c1-41(2)35-12-5-3-10-29(35)31-21-34-33-19-26(24-43)15-17-39(33)45(40(34)22-36(31)41)28-9-7-8-27(20-28)44-37-13-6-4-11-30(37)32-18-25(23-42)14-16-38(32)44/h3-22H,1-2H3. The van der Waals surface area contributed by atoms with Gasteiger partial charge < -0.3 is 9.13 Å². The molecule has 0 radical (unpaired) electrons. The Bertz CT molecular complexity index is 2650. The van der Waals surface area contributed by atoms with Crippen LogP contribution in [0.4, 0.5) is 0 Å². The summed E-state index contributed by atoms with van der Waals surface area (Å²) in [7, 11) is 0. The highest BCUT2D eigenvalue weighted by Crippen LogP contribution is 2.51. The third-order valence-electron chi connectivity index (χ3n) is 9.75. The van der Waals surface area contributed by atoms with Gasteiger partial charge in [0.05, 0.1) is 45.3 Å². The quantitative estimate of drug-likeness (QED) is 0.206. The highest BCUT2D eigenvalue weighted by Gasteiger charge is 2.36. The van der Waals surface area contributed by atoms with Gasteiger partial charge in [0.1, 0.15) is 0 Å². The Labute approximate surface area is 260 Å². The summed E-state index contributed by atoms with van der Waals surface area (Å²) in [6.07, 6.45) is 0. The molecule has 2 aromatic heterocycles. The first-order valence-electron chi connectivity index (χ1n) is 15.1. The minimum atomic E-state index is -0.133. The Morgan fingerprint density at radius 3 is 1.76 bits per heavy atom. The van der Waals surface area contributed by atoms with E-state index in [2.05, 4.69) is 120 Å². The molecule has 0 saturated carbocycles. The number of nitriles is 2. The normalized spacial score (nSPS) is 13.2. The molecule has 1 aliphatic rings. The van der Waals surface area contributed by atoms with Crippen molar-refractivity contribution in [2.75, 3.05) is 0 Å². The molecular formula is C41H26N4. The Kier molecular flexibility index (Phi) is 5.06. The molecule has 8 aromatic rings. The lowest BCUT2D eigenvalue weighted by molar-refractivity contribution is 0.661. The van der Waals surface area contributed by atoms with Crippen LogP contribution in [-0.4, -0.2) is 9.13 Å². The molecule has 0 unspecified atom stereocenters. The second-order valence-electron chi connectivity index (χ2n) is 12.5. The van der Waals surface area contributed by atoms with Crippen LogP contribution in [0.3, 0.4) is 0 Å². The lowest BCUT2D eigenvalue weighted by atomic mass is 9.82. The van der Waals surface area contributed by atoms with Crippen LogP contribution >= 0.6 is 0 Å². The van der Waals surface area contributed by atoms with Crippen LogP contribution in [0.25, 0.3) is 66.1 Å². The summed E-state index contributed by atoms with van der Waals surface area (Å²) >= 11 is 0. The zero-order chi connectivity index (χ0) is 30.4. The summed E-state index contributed by atoms with van der Waals surface area (Å²) in [5.74, 6) is 0. The fraction of sp³-hybridized carbons (Fsp3) is 0.0732. The van der Waals surface area contributed by atoms with Crippen molar-refractivity contribution in [3.05, 3.63) is 144 Å². The fourth-order valence-electron chi connectivity index (χ4n) is 7.65. The molecule has 45 heavy (non-hydrogen) atoms. The van der Waals surface area contributed by atoms with E-state index in [1.807, 2.05) is 36.4 Å². The molecule has 0 spiro atoms. The Morgan fingerprint density at radius 1 is 0.467 bits per heavy atom. The van der Waals surface area contributed by atoms with Crippen molar-refractivity contribution in [1.29, 1.82) is 10.5 Å². The molecule has 4 nitrogen and oxygen atoms in total. The molecule has 1 aliphatic carbocycles. The Morgan fingerprint density at radius 2 is 1.04 bits per heavy atom. The Hall–Kier alpha value is -6.10. The number of rotatable bonds is 2. The van der Waals surface area contributed by atoms with Gasteiger partial charge in [0.25, 0.3) is 0 Å². The van der Waals surface area contributed by atoms with E-state index in [4.69, 9.17) is 0 Å². The van der Waals surface area contributed by atoms with E-state index >= 15 is 0 Å². The van der Waals surface area contributed by atoms with Crippen LogP contribution < -0.4 is 0 Å². The predicted molar refractivity (Wildman–Crippen MR) is 182 cm³/mol. The van der Waals surface area contributed by atoms with Gasteiger partial charge >= 0.3 is 0 Å². The molecule has 0 amide bonds. The van der Waals surface area contributed by atoms with E-state index in [1.165, 1.54) is 22.3 Å². The second kappa shape index (κ2) is 8.96. The first-order chi connectivity index (χ1) is 22.0. The van der Waals surface area contributed by atoms with Crippen LogP contribution in [0.15, 0.2) is 121 Å². The number of para-hydroxylation sites is 1. The maximum absolute atomic E-state index is 9.82. The molecule has 6 aromatic carbocycles. The molecule has 9 rings (SSSR count). The molecule has 0 N–H and O–H groups in total. The van der Waals surface area contributed by atoms with Crippen molar-refractivity contribution in [3.8, 4) is 34.6 Å². The van der Waals surface area contributed by atoms with E-state index in [1.54, 1.807) is 0 Å². The maximum atomic E-state index is 9.82. The van der Waals surface area contributed by atoms with E-state index in [-0.39, 0.29) is 5.41 Å². The molecule has 2 heterocycles. The average molecular weight is 575 g/mol. The van der Waals surface area contributed by atoms with Crippen LogP contribution in [0, 0.1) is 22.7 Å². The van der Waals surface area contributed by atoms with E-state index in [9.17, 15) is 10.5 Å². The minimum Gasteiger partial charge on any atom is -0.309 e. The largest absolute Gasteiger partial charge is 0.309 e. The molecule has 210 valence electrons. The van der Waals surface area contributed by atoms with Gasteiger partial charge in [-0.2, -0.15) is 10.5 Å². The zero-order valence-corrected chi connectivity index (χ0v) is 24.8. The minimum absolute atomic E-state index is 0.133. The third-order valence-corrected chi connectivity index (χ3v) is 9.75. The van der Waals surface area contributed by atoms with Crippen molar-refractivity contribution in [1.82, 2.24) is 9.13 Å². The number of aromatic nitrogens is 2. The van der Waals surface area contributed by atoms with Crippen LogP contribution in [0.2, 0.25) is 0 Å². The third kappa shape index (κ3) is 3.40. The number of fused-ring (bicyclic) bond motifs is 9. The molecule has 0 bridgehead atoms. The van der Waals surface area contributed by atoms with Gasteiger partial charge in [0.15, 0.2) is 0 Å². The van der Waals surface area contributed by atoms with Gasteiger partial charge in [-0.15, -0.1) is 0 Å². The summed E-state index contributed by atoms with van der Waals surface area (Å²) in [4.78, 5) is 0. The number of hydrogen-bond donors (Lipinski definition) is 0. The first kappa shape index (κ1) is 25.4. The summed E-state index contributed by atoms with van der Waals surface area (Å²) in [6, 6.07) is 47.0. The summed E-state index contributed by atoms with van der Waals surface area (Å²) in [6.45, 7) is 4.62. The van der Waals surface area contributed by atoms with E-state index in [0.29, 0.717) is 11.1 Å². The van der Waals surface area contributed by atoms with Gasteiger partial charge in [-0.05, 0) is 95.1 Å². The maximum Gasteiger partial charge on any atom is 0.0991 e. The number of benzene rings is 6. The van der Waals surface area contributed by atoms with Gasteiger partial charge in [-0.3, -0.25) is 0 Å². The lowest BCUT2D eigenvalue weighted by Gasteiger charge is -2.21. The van der Waals surface area contributed by atoms with Crippen LogP contribution in [0.5, 0.6) is 0 Å². The van der Waals surface area contributed by atoms with Crippen molar-refractivity contribution in [2.24, 2.45) is 0 Å². The van der Waals surface area contributed by atoms with E-state index < -0.39 is 0 Å². The average Bonchev–Trinajstić information content (AvgIpc) is 3.66. The molecule has 0 aliphatic heterocycles. The van der Waals surface area contributed by atoms with Crippen molar-refractivity contribution < 1.29 is 0 Å². The van der Waals surface area contributed by atoms with Gasteiger partial charge in [-0.25, -0.2) is 0 Å². The van der Waals surface area contributed by atoms with E-state index in [0.717, 1.165) is 55.0 Å². The van der Waals surface area contributed by atoms with Gasteiger partial charge in [0.2, 0.25) is 0 Å². The summed E-state index contributed by atoms with van der Waals surface area (Å²) in [5.41, 5.74) is 12.8. The molecule has 0 atom stereocenters. The molecule has 0 saturated heterocycles. The van der Waals surface area contributed by atoms with Crippen LogP contribution in [-0.2, 0) is 5.41 Å². The fourth-order valence-corrected chi connectivity index (χ4v) is 7.65. The van der Waals surface area contributed by atoms with Crippen molar-refractivity contribution >= 4 is 43.6 Å². The highest BCUT2D eigenvalue weighted by molar-refractivity contribution is 6.12. The highest BCUT2D eigenvalue weighted by atomic mass is 15.0. The molecule has 0 fully saturated rings. The molecular weight excluding hydrogens is 548 g/mol. The van der Waals surface area contributed by atoms with Gasteiger partial charge in [-0.1, -0.05) is 62.4 Å². The Balaban J connectivity index is 1.34. The van der Waals surface area contributed by atoms with Crippen molar-refractivity contribution in [2.45, 2.75) is 19.3 Å². The topological polar surface area (TPSA) is 57.4 Å². The van der Waals surface area contributed by atoms with Crippen molar-refractivity contribution in [3.63, 3.8) is 0 Å². The zero-order valence-electron chi connectivity index (χ0n) is 24.8. The van der Waals surface area contributed by atoms with Crippen LogP contribution in [0.1, 0.15) is 36.1 Å². The second-order valence-corrected chi connectivity index (χ2v) is 12.5. The van der Waals surface area contributed by atoms with Gasteiger partial charge in [0, 0.05) is 38.3 Å². The summed E-state index contributed by atoms with van der Waals surface area (Å²) in [5, 5.41) is 23.8. The summed E-state index contributed by atoms with van der Waals surface area (Å²) < 4.78 is 4.63. The SMILES string of the molecule is CC1(C)c2ccccc2-c2cc3c4cc(C#N)ccc4n(-c4cccc(-n5c6ccccc6c6cc(C#N)ccc65)c4)c3cc21. The predicted octanol–water partition coefficient (Wildman–Crippen LogP) is 9.93. The lowest BCUT2D eigenvalue weighted by Crippen LogP contribution is -2.15. The first-order valence-corrected chi connectivity index (χ1v) is 15.1. The molecule has 4 heteroatoms. The number of hydrogen-bond acceptors (Lipinski definition) is 2. The smallest absolute Gasteiger partial charge is 0.0991 e. The number of nitrogens with zero attached hydrogens (tertiary/aromatic N) is 4.